The fraction of sp³-hybridized carbons (Fsp3) is 0.250. The summed E-state index contributed by atoms with van der Waals surface area (Å²) < 4.78 is 15.9. The molecule has 158 valence electrons. The predicted octanol–water partition coefficient (Wildman–Crippen LogP) is 4.27. The molecule has 0 aliphatic rings. The van der Waals surface area contributed by atoms with E-state index in [2.05, 4.69) is 20.5 Å². The van der Waals surface area contributed by atoms with Gasteiger partial charge in [-0.3, -0.25) is 9.89 Å². The smallest absolute Gasteiger partial charge is 0.237 e. The highest BCUT2D eigenvalue weighted by Crippen LogP contribution is 2.33. The fourth-order valence-electron chi connectivity index (χ4n) is 2.64. The van der Waals surface area contributed by atoms with Crippen LogP contribution >= 0.6 is 23.4 Å². The van der Waals surface area contributed by atoms with Gasteiger partial charge in [-0.05, 0) is 37.3 Å². The lowest BCUT2D eigenvalue weighted by atomic mass is 10.2. The fourth-order valence-corrected chi connectivity index (χ4v) is 3.54. The SMILES string of the molecule is COc1ccc(OC)c(NC(=O)C(C)Sc2n[nH]c(-c3cc(Cl)ccc3OC)n2)c1. The lowest BCUT2D eigenvalue weighted by molar-refractivity contribution is -0.115. The second-order valence-electron chi connectivity index (χ2n) is 6.13. The van der Waals surface area contributed by atoms with Crippen molar-refractivity contribution in [2.45, 2.75) is 17.3 Å². The van der Waals surface area contributed by atoms with Crippen molar-refractivity contribution in [2.75, 3.05) is 26.6 Å². The molecule has 0 spiro atoms. The Hall–Kier alpha value is -2.91. The van der Waals surface area contributed by atoms with Crippen molar-refractivity contribution in [3.8, 4) is 28.6 Å². The summed E-state index contributed by atoms with van der Waals surface area (Å²) in [5, 5.41) is 10.4. The number of hydrogen-bond donors (Lipinski definition) is 2. The summed E-state index contributed by atoms with van der Waals surface area (Å²) in [7, 11) is 4.66. The average Bonchev–Trinajstić information content (AvgIpc) is 3.21. The minimum absolute atomic E-state index is 0.224. The van der Waals surface area contributed by atoms with Crippen LogP contribution < -0.4 is 19.5 Å². The third kappa shape index (κ3) is 4.98. The van der Waals surface area contributed by atoms with Crippen molar-refractivity contribution < 1.29 is 19.0 Å². The molecule has 1 aromatic heterocycles. The molecule has 0 aliphatic heterocycles. The number of aromatic nitrogens is 3. The van der Waals surface area contributed by atoms with E-state index in [1.54, 1.807) is 57.5 Å². The van der Waals surface area contributed by atoms with E-state index in [0.29, 0.717) is 44.5 Å². The highest BCUT2D eigenvalue weighted by atomic mass is 35.5. The first kappa shape index (κ1) is 21.8. The van der Waals surface area contributed by atoms with Gasteiger partial charge in [0.2, 0.25) is 11.1 Å². The number of amides is 1. The van der Waals surface area contributed by atoms with E-state index in [4.69, 9.17) is 25.8 Å². The molecule has 2 N–H and O–H groups in total. The van der Waals surface area contributed by atoms with Gasteiger partial charge >= 0.3 is 0 Å². The summed E-state index contributed by atoms with van der Waals surface area (Å²) >= 11 is 7.30. The lowest BCUT2D eigenvalue weighted by Gasteiger charge is -2.14. The summed E-state index contributed by atoms with van der Waals surface area (Å²) in [6.45, 7) is 1.77. The van der Waals surface area contributed by atoms with Crippen LogP contribution in [-0.2, 0) is 4.79 Å². The lowest BCUT2D eigenvalue weighted by Crippen LogP contribution is -2.22. The summed E-state index contributed by atoms with van der Waals surface area (Å²) in [5.74, 6) is 2.04. The Kier molecular flexibility index (Phi) is 7.07. The zero-order valence-corrected chi connectivity index (χ0v) is 18.4. The van der Waals surface area contributed by atoms with Gasteiger partial charge in [0.15, 0.2) is 5.82 Å². The normalized spacial score (nSPS) is 11.6. The number of halogens is 1. The maximum absolute atomic E-state index is 12.7. The Morgan fingerprint density at radius 1 is 1.10 bits per heavy atom. The molecule has 0 aliphatic carbocycles. The number of methoxy groups -OCH3 is 3. The van der Waals surface area contributed by atoms with Gasteiger partial charge in [-0.1, -0.05) is 23.4 Å². The van der Waals surface area contributed by atoms with Gasteiger partial charge < -0.3 is 19.5 Å². The van der Waals surface area contributed by atoms with Crippen molar-refractivity contribution in [1.29, 1.82) is 0 Å². The molecule has 1 amide bonds. The van der Waals surface area contributed by atoms with Crippen LogP contribution in [-0.4, -0.2) is 47.7 Å². The van der Waals surface area contributed by atoms with Crippen LogP contribution in [0.2, 0.25) is 5.02 Å². The zero-order valence-electron chi connectivity index (χ0n) is 16.9. The zero-order chi connectivity index (χ0) is 21.7. The van der Waals surface area contributed by atoms with Crippen molar-refractivity contribution in [3.63, 3.8) is 0 Å². The Morgan fingerprint density at radius 3 is 2.53 bits per heavy atom. The molecule has 0 radical (unpaired) electrons. The van der Waals surface area contributed by atoms with Gasteiger partial charge in [0.25, 0.3) is 0 Å². The molecule has 1 unspecified atom stereocenters. The molecule has 8 nitrogen and oxygen atoms in total. The van der Waals surface area contributed by atoms with Gasteiger partial charge in [-0.15, -0.1) is 5.10 Å². The van der Waals surface area contributed by atoms with Crippen molar-refractivity contribution in [2.24, 2.45) is 0 Å². The molecule has 0 fully saturated rings. The topological polar surface area (TPSA) is 98.4 Å². The van der Waals surface area contributed by atoms with E-state index in [0.717, 1.165) is 0 Å². The van der Waals surface area contributed by atoms with E-state index in [9.17, 15) is 4.79 Å². The number of benzene rings is 2. The molecule has 1 heterocycles. The highest BCUT2D eigenvalue weighted by molar-refractivity contribution is 8.00. The molecule has 2 aromatic carbocycles. The first-order chi connectivity index (χ1) is 14.4. The number of H-pyrrole nitrogens is 1. The molecule has 0 saturated heterocycles. The molecule has 1 atom stereocenters. The van der Waals surface area contributed by atoms with Crippen LogP contribution in [0.15, 0.2) is 41.6 Å². The summed E-state index contributed by atoms with van der Waals surface area (Å²) in [5.41, 5.74) is 1.20. The maximum atomic E-state index is 12.7. The quantitative estimate of drug-likeness (QED) is 0.496. The largest absolute Gasteiger partial charge is 0.497 e. The van der Waals surface area contributed by atoms with E-state index < -0.39 is 5.25 Å². The number of thioether (sulfide) groups is 1. The van der Waals surface area contributed by atoms with Gasteiger partial charge in [0.05, 0.1) is 37.8 Å². The number of ether oxygens (including phenoxy) is 3. The van der Waals surface area contributed by atoms with Crippen LogP contribution in [0.4, 0.5) is 5.69 Å². The number of hydrogen-bond acceptors (Lipinski definition) is 7. The second kappa shape index (κ2) is 9.73. The third-order valence-corrected chi connectivity index (χ3v) is 5.39. The number of rotatable bonds is 8. The third-order valence-electron chi connectivity index (χ3n) is 4.20. The maximum Gasteiger partial charge on any atom is 0.237 e. The van der Waals surface area contributed by atoms with Crippen LogP contribution in [0.5, 0.6) is 17.2 Å². The number of carbonyl (C=O) groups excluding carboxylic acids is 1. The molecule has 3 aromatic rings. The number of anilines is 1. The monoisotopic (exact) mass is 448 g/mol. The molecule has 3 rings (SSSR count). The molecule has 0 saturated carbocycles. The van der Waals surface area contributed by atoms with Crippen LogP contribution in [0.1, 0.15) is 6.92 Å². The van der Waals surface area contributed by atoms with Crippen LogP contribution in [0, 0.1) is 0 Å². The van der Waals surface area contributed by atoms with Crippen molar-refractivity contribution >= 4 is 35.0 Å². The molecular weight excluding hydrogens is 428 g/mol. The van der Waals surface area contributed by atoms with E-state index in [-0.39, 0.29) is 5.91 Å². The molecular formula is C20H21ClN4O4S. The van der Waals surface area contributed by atoms with Crippen molar-refractivity contribution in [1.82, 2.24) is 15.2 Å². The second-order valence-corrected chi connectivity index (χ2v) is 7.87. The van der Waals surface area contributed by atoms with Gasteiger partial charge in [0, 0.05) is 11.1 Å². The standard InChI is InChI=1S/C20H21ClN4O4S/c1-11(19(26)22-15-10-13(27-2)6-8-17(15)29-4)30-20-23-18(24-25-20)14-9-12(21)5-7-16(14)28-3/h5-11H,1-4H3,(H,22,26)(H,23,24,25). The summed E-state index contributed by atoms with van der Waals surface area (Å²) in [4.78, 5) is 17.1. The Morgan fingerprint density at radius 2 is 1.83 bits per heavy atom. The number of carbonyl (C=O) groups is 1. The number of aromatic amines is 1. The molecule has 10 heteroatoms. The highest BCUT2D eigenvalue weighted by Gasteiger charge is 2.20. The first-order valence-electron chi connectivity index (χ1n) is 8.91. The minimum Gasteiger partial charge on any atom is -0.497 e. The van der Waals surface area contributed by atoms with E-state index >= 15 is 0 Å². The van der Waals surface area contributed by atoms with Gasteiger partial charge in [-0.2, -0.15) is 0 Å². The molecule has 0 bridgehead atoms. The average molecular weight is 449 g/mol. The van der Waals surface area contributed by atoms with Crippen LogP contribution in [0.3, 0.4) is 0 Å². The number of nitrogens with one attached hydrogen (secondary N) is 2. The van der Waals surface area contributed by atoms with Gasteiger partial charge in [-0.25, -0.2) is 4.98 Å². The Bertz CT molecular complexity index is 1040. The van der Waals surface area contributed by atoms with Crippen molar-refractivity contribution in [3.05, 3.63) is 41.4 Å². The van der Waals surface area contributed by atoms with E-state index in [1.165, 1.54) is 18.9 Å². The van der Waals surface area contributed by atoms with E-state index in [1.807, 2.05) is 0 Å². The minimum atomic E-state index is -0.467. The predicted molar refractivity (Wildman–Crippen MR) is 117 cm³/mol. The molecule has 30 heavy (non-hydrogen) atoms. The number of nitrogens with zero attached hydrogens (tertiary/aromatic N) is 2. The summed E-state index contributed by atoms with van der Waals surface area (Å²) in [6.07, 6.45) is 0. The van der Waals surface area contributed by atoms with Crippen LogP contribution in [0.25, 0.3) is 11.4 Å². The van der Waals surface area contributed by atoms with Gasteiger partial charge in [0.1, 0.15) is 17.2 Å². The summed E-state index contributed by atoms with van der Waals surface area (Å²) in [6, 6.07) is 10.4. The Balaban J connectivity index is 1.72. The Labute approximate surface area is 183 Å². The first-order valence-corrected chi connectivity index (χ1v) is 10.2.